The molecule has 6 nitrogen and oxygen atoms in total. The molecule has 1 aromatic rings. The zero-order valence-electron chi connectivity index (χ0n) is 10.2. The van der Waals surface area contributed by atoms with Crippen LogP contribution in [0.3, 0.4) is 0 Å². The Kier molecular flexibility index (Phi) is 2.71. The number of nitrogens with zero attached hydrogens (tertiary/aromatic N) is 3. The Morgan fingerprint density at radius 2 is 2.29 bits per heavy atom. The third-order valence-electron chi connectivity index (χ3n) is 3.04. The highest BCUT2D eigenvalue weighted by Gasteiger charge is 2.31. The van der Waals surface area contributed by atoms with Crippen molar-refractivity contribution >= 4 is 22.9 Å². The summed E-state index contributed by atoms with van der Waals surface area (Å²) in [6, 6.07) is 1.79. The zero-order chi connectivity index (χ0) is 12.6. The number of nitrogens with one attached hydrogen (secondary N) is 2. The molecule has 90 valence electrons. The van der Waals surface area contributed by atoms with Gasteiger partial charge in [0.05, 0.1) is 17.4 Å². The molecular weight excluding hydrogens is 216 g/mol. The SMILES string of the molecule is CN/N=C1\C(=N)c2ccnc(N)c2N(C)C1C. The molecule has 0 saturated carbocycles. The van der Waals surface area contributed by atoms with Gasteiger partial charge in [-0.1, -0.05) is 0 Å². The van der Waals surface area contributed by atoms with Crippen molar-refractivity contribution in [1.29, 1.82) is 5.41 Å². The minimum absolute atomic E-state index is 0.00560. The van der Waals surface area contributed by atoms with E-state index in [9.17, 15) is 0 Å². The molecule has 0 bridgehead atoms. The van der Waals surface area contributed by atoms with E-state index in [4.69, 9.17) is 11.1 Å². The average molecular weight is 232 g/mol. The Balaban J connectivity index is 2.63. The van der Waals surface area contributed by atoms with Crippen LogP contribution in [0.25, 0.3) is 0 Å². The lowest BCUT2D eigenvalue weighted by atomic mass is 9.94. The van der Waals surface area contributed by atoms with Crippen molar-refractivity contribution in [3.05, 3.63) is 17.8 Å². The molecule has 6 heteroatoms. The maximum absolute atomic E-state index is 8.17. The Hall–Kier alpha value is -2.11. The van der Waals surface area contributed by atoms with E-state index >= 15 is 0 Å². The molecular formula is C11H16N6. The number of pyridine rings is 1. The number of anilines is 2. The van der Waals surface area contributed by atoms with Gasteiger partial charge in [-0.3, -0.25) is 5.41 Å². The van der Waals surface area contributed by atoms with Crippen molar-refractivity contribution in [2.24, 2.45) is 5.10 Å². The number of aromatic nitrogens is 1. The van der Waals surface area contributed by atoms with Crippen molar-refractivity contribution in [3.8, 4) is 0 Å². The Morgan fingerprint density at radius 1 is 1.59 bits per heavy atom. The van der Waals surface area contributed by atoms with Crippen LogP contribution in [0.15, 0.2) is 17.4 Å². The number of hydrazone groups is 1. The number of rotatable bonds is 1. The fraction of sp³-hybridized carbons (Fsp3) is 0.364. The summed E-state index contributed by atoms with van der Waals surface area (Å²) in [4.78, 5) is 6.06. The van der Waals surface area contributed by atoms with E-state index in [1.165, 1.54) is 0 Å². The van der Waals surface area contributed by atoms with Crippen LogP contribution in [0.1, 0.15) is 12.5 Å². The van der Waals surface area contributed by atoms with E-state index < -0.39 is 0 Å². The second-order valence-corrected chi connectivity index (χ2v) is 3.97. The van der Waals surface area contributed by atoms with Gasteiger partial charge in [0.2, 0.25) is 0 Å². The molecule has 2 rings (SSSR count). The third-order valence-corrected chi connectivity index (χ3v) is 3.04. The van der Waals surface area contributed by atoms with E-state index in [1.54, 1.807) is 19.3 Å². The van der Waals surface area contributed by atoms with Gasteiger partial charge >= 0.3 is 0 Å². The Bertz CT molecular complexity index is 493. The molecule has 0 aliphatic carbocycles. The topological polar surface area (TPSA) is 90.4 Å². The number of nitrogens with two attached hydrogens (primary N) is 1. The smallest absolute Gasteiger partial charge is 0.147 e. The first-order chi connectivity index (χ1) is 8.07. The largest absolute Gasteiger partial charge is 0.382 e. The van der Waals surface area contributed by atoms with Crippen LogP contribution in [0.2, 0.25) is 0 Å². The number of fused-ring (bicyclic) bond motifs is 1. The first-order valence-corrected chi connectivity index (χ1v) is 5.38. The predicted octanol–water partition coefficient (Wildman–Crippen LogP) is 0.445. The molecule has 2 heterocycles. The summed E-state index contributed by atoms with van der Waals surface area (Å²) in [6.45, 7) is 1.99. The molecule has 1 unspecified atom stereocenters. The van der Waals surface area contributed by atoms with Gasteiger partial charge in [0.15, 0.2) is 0 Å². The van der Waals surface area contributed by atoms with Crippen LogP contribution in [-0.4, -0.2) is 36.5 Å². The summed E-state index contributed by atoms with van der Waals surface area (Å²) in [5.74, 6) is 0.449. The van der Waals surface area contributed by atoms with E-state index in [2.05, 4.69) is 15.5 Å². The third kappa shape index (κ3) is 1.61. The normalized spacial score (nSPS) is 21.6. The van der Waals surface area contributed by atoms with Gasteiger partial charge in [0, 0.05) is 25.9 Å². The van der Waals surface area contributed by atoms with Crippen LogP contribution < -0.4 is 16.1 Å². The summed E-state index contributed by atoms with van der Waals surface area (Å²) < 4.78 is 0. The lowest BCUT2D eigenvalue weighted by Gasteiger charge is -2.35. The maximum Gasteiger partial charge on any atom is 0.147 e. The zero-order valence-corrected chi connectivity index (χ0v) is 10.2. The van der Waals surface area contributed by atoms with Gasteiger partial charge in [0.1, 0.15) is 11.5 Å². The highest BCUT2D eigenvalue weighted by Crippen LogP contribution is 2.31. The van der Waals surface area contributed by atoms with Gasteiger partial charge in [0.25, 0.3) is 0 Å². The van der Waals surface area contributed by atoms with Crippen LogP contribution in [-0.2, 0) is 0 Å². The van der Waals surface area contributed by atoms with E-state index in [0.717, 1.165) is 11.3 Å². The van der Waals surface area contributed by atoms with Crippen LogP contribution in [0.4, 0.5) is 11.5 Å². The second-order valence-electron chi connectivity index (χ2n) is 3.97. The Morgan fingerprint density at radius 3 is 2.94 bits per heavy atom. The summed E-state index contributed by atoms with van der Waals surface area (Å²) in [6.07, 6.45) is 1.61. The second kappa shape index (κ2) is 4.04. The molecule has 1 atom stereocenters. The van der Waals surface area contributed by atoms with Crippen molar-refractivity contribution in [3.63, 3.8) is 0 Å². The first-order valence-electron chi connectivity index (χ1n) is 5.38. The van der Waals surface area contributed by atoms with Gasteiger partial charge in [-0.2, -0.15) is 5.10 Å². The predicted molar refractivity (Wildman–Crippen MR) is 69.8 cm³/mol. The Labute approximate surface area is 100 Å². The van der Waals surface area contributed by atoms with Gasteiger partial charge in [-0.15, -0.1) is 0 Å². The molecule has 1 aromatic heterocycles. The van der Waals surface area contributed by atoms with Crippen molar-refractivity contribution in [2.75, 3.05) is 24.7 Å². The molecule has 17 heavy (non-hydrogen) atoms. The standard InChI is InChI=1S/C11H16N6/c1-6-9(16-14-2)8(12)7-4-5-15-11(13)10(7)17(6)3/h4-6,12,14H,1-3H3,(H2,13,15)/b12-8?,16-9-. The molecule has 0 amide bonds. The molecule has 0 radical (unpaired) electrons. The van der Waals surface area contributed by atoms with Crippen LogP contribution in [0.5, 0.6) is 0 Å². The molecule has 0 spiro atoms. The number of nitrogen functional groups attached to an aromatic ring is 1. The molecule has 4 N–H and O–H groups in total. The van der Waals surface area contributed by atoms with Gasteiger partial charge < -0.3 is 16.1 Å². The fourth-order valence-electron chi connectivity index (χ4n) is 2.04. The van der Waals surface area contributed by atoms with E-state index in [-0.39, 0.29) is 6.04 Å². The van der Waals surface area contributed by atoms with Crippen molar-refractivity contribution in [1.82, 2.24) is 10.4 Å². The minimum atomic E-state index is -0.00560. The van der Waals surface area contributed by atoms with Crippen molar-refractivity contribution < 1.29 is 0 Å². The summed E-state index contributed by atoms with van der Waals surface area (Å²) >= 11 is 0. The average Bonchev–Trinajstić information content (AvgIpc) is 2.31. The van der Waals surface area contributed by atoms with Gasteiger partial charge in [-0.25, -0.2) is 4.98 Å². The minimum Gasteiger partial charge on any atom is -0.382 e. The van der Waals surface area contributed by atoms with E-state index in [1.807, 2.05) is 18.9 Å². The molecule has 0 aromatic carbocycles. The lowest BCUT2D eigenvalue weighted by Crippen LogP contribution is -2.46. The molecule has 1 aliphatic rings. The monoisotopic (exact) mass is 232 g/mol. The molecule has 1 aliphatic heterocycles. The van der Waals surface area contributed by atoms with Gasteiger partial charge in [-0.05, 0) is 13.0 Å². The first kappa shape index (κ1) is 11.4. The van der Waals surface area contributed by atoms with Crippen molar-refractivity contribution in [2.45, 2.75) is 13.0 Å². The summed E-state index contributed by atoms with van der Waals surface area (Å²) in [5.41, 5.74) is 11.3. The lowest BCUT2D eigenvalue weighted by molar-refractivity contribution is 0.821. The molecule has 0 saturated heterocycles. The van der Waals surface area contributed by atoms with Crippen LogP contribution >= 0.6 is 0 Å². The quantitative estimate of drug-likeness (QED) is 0.613. The highest BCUT2D eigenvalue weighted by atomic mass is 15.3. The number of hydrogen-bond donors (Lipinski definition) is 3. The maximum atomic E-state index is 8.17. The van der Waals surface area contributed by atoms with Crippen LogP contribution in [0, 0.1) is 5.41 Å². The molecule has 0 fully saturated rings. The summed E-state index contributed by atoms with van der Waals surface area (Å²) in [7, 11) is 3.66. The fourth-order valence-corrected chi connectivity index (χ4v) is 2.04. The number of hydrogen-bond acceptors (Lipinski definition) is 6. The van der Waals surface area contributed by atoms with E-state index in [0.29, 0.717) is 17.2 Å². The summed E-state index contributed by atoms with van der Waals surface area (Å²) in [5, 5.41) is 12.3. The highest BCUT2D eigenvalue weighted by molar-refractivity contribution is 6.51.